The van der Waals surface area contributed by atoms with E-state index in [1.165, 1.54) is 18.9 Å². The Morgan fingerprint density at radius 2 is 2.35 bits per heavy atom. The molecular weight excluding hydrogens is 242 g/mol. The number of hydrogen-bond donors (Lipinski definition) is 2. The minimum atomic E-state index is -0.719. The Balaban J connectivity index is 2.51. The Bertz CT molecular complexity index is 372. The van der Waals surface area contributed by atoms with E-state index < -0.39 is 12.1 Å². The molecule has 6 heteroatoms. The maximum atomic E-state index is 11.2. The summed E-state index contributed by atoms with van der Waals surface area (Å²) < 4.78 is 4.57. The highest BCUT2D eigenvalue weighted by atomic mass is 32.2. The monoisotopic (exact) mass is 257 g/mol. The van der Waals surface area contributed by atoms with E-state index in [-0.39, 0.29) is 12.3 Å². The first kappa shape index (κ1) is 14.0. The zero-order valence-corrected chi connectivity index (χ0v) is 10.3. The molecule has 0 spiro atoms. The van der Waals surface area contributed by atoms with Gasteiger partial charge in [-0.2, -0.15) is 11.8 Å². The van der Waals surface area contributed by atoms with Crippen LogP contribution < -0.4 is 0 Å². The van der Waals surface area contributed by atoms with E-state index in [0.717, 1.165) is 5.69 Å². The van der Waals surface area contributed by atoms with Gasteiger partial charge in [-0.1, -0.05) is 6.07 Å². The lowest BCUT2D eigenvalue weighted by molar-refractivity contribution is 0.0593. The fourth-order valence-electron chi connectivity index (χ4n) is 1.13. The van der Waals surface area contributed by atoms with Gasteiger partial charge in [0.25, 0.3) is 0 Å². The van der Waals surface area contributed by atoms with Crippen molar-refractivity contribution in [2.45, 2.75) is 11.9 Å². The van der Waals surface area contributed by atoms with E-state index in [9.17, 15) is 4.79 Å². The molecule has 17 heavy (non-hydrogen) atoms. The van der Waals surface area contributed by atoms with Gasteiger partial charge < -0.3 is 14.9 Å². The number of thioether (sulfide) groups is 1. The SMILES string of the molecule is COC(=O)c1cccc(CSCC(O)CO)n1. The van der Waals surface area contributed by atoms with Crippen molar-refractivity contribution in [2.75, 3.05) is 19.5 Å². The van der Waals surface area contributed by atoms with Crippen molar-refractivity contribution in [3.05, 3.63) is 29.6 Å². The third kappa shape index (κ3) is 4.72. The highest BCUT2D eigenvalue weighted by Crippen LogP contribution is 2.12. The Kier molecular flexibility index (Phi) is 5.96. The molecule has 0 bridgehead atoms. The summed E-state index contributed by atoms with van der Waals surface area (Å²) in [7, 11) is 1.31. The predicted molar refractivity (Wildman–Crippen MR) is 64.8 cm³/mol. The van der Waals surface area contributed by atoms with Gasteiger partial charge >= 0.3 is 5.97 Å². The molecule has 0 fully saturated rings. The maximum Gasteiger partial charge on any atom is 0.356 e. The molecule has 1 heterocycles. The van der Waals surface area contributed by atoms with Crippen molar-refractivity contribution in [1.82, 2.24) is 4.98 Å². The minimum Gasteiger partial charge on any atom is -0.464 e. The van der Waals surface area contributed by atoms with Crippen molar-refractivity contribution in [2.24, 2.45) is 0 Å². The lowest BCUT2D eigenvalue weighted by atomic mass is 10.3. The number of aliphatic hydroxyl groups is 2. The lowest BCUT2D eigenvalue weighted by Gasteiger charge is -2.06. The molecule has 0 aliphatic carbocycles. The molecule has 2 N–H and O–H groups in total. The van der Waals surface area contributed by atoms with Crippen LogP contribution in [0.15, 0.2) is 18.2 Å². The van der Waals surface area contributed by atoms with Gasteiger partial charge in [0.15, 0.2) is 0 Å². The number of rotatable bonds is 6. The van der Waals surface area contributed by atoms with Crippen LogP contribution >= 0.6 is 11.8 Å². The average Bonchev–Trinajstić information content (AvgIpc) is 2.38. The van der Waals surface area contributed by atoms with Gasteiger partial charge in [-0.05, 0) is 12.1 Å². The maximum absolute atomic E-state index is 11.2. The number of ether oxygens (including phenoxy) is 1. The quantitative estimate of drug-likeness (QED) is 0.720. The van der Waals surface area contributed by atoms with Gasteiger partial charge in [0, 0.05) is 11.5 Å². The molecular formula is C11H15NO4S. The predicted octanol–water partition coefficient (Wildman–Crippen LogP) is 0.455. The van der Waals surface area contributed by atoms with Gasteiger partial charge in [-0.15, -0.1) is 0 Å². The van der Waals surface area contributed by atoms with E-state index in [1.54, 1.807) is 18.2 Å². The summed E-state index contributed by atoms with van der Waals surface area (Å²) in [5, 5.41) is 17.8. The second-order valence-electron chi connectivity index (χ2n) is 3.36. The van der Waals surface area contributed by atoms with Crippen LogP contribution in [0.2, 0.25) is 0 Å². The Morgan fingerprint density at radius 3 is 3.00 bits per heavy atom. The van der Waals surface area contributed by atoms with Crippen LogP contribution in [0.4, 0.5) is 0 Å². The third-order valence-electron chi connectivity index (χ3n) is 1.97. The number of esters is 1. The van der Waals surface area contributed by atoms with Crippen molar-refractivity contribution in [3.8, 4) is 0 Å². The summed E-state index contributed by atoms with van der Waals surface area (Å²) in [4.78, 5) is 15.4. The van der Waals surface area contributed by atoms with E-state index in [1.807, 2.05) is 0 Å². The smallest absolute Gasteiger partial charge is 0.356 e. The summed E-state index contributed by atoms with van der Waals surface area (Å²) in [6.07, 6.45) is -0.719. The van der Waals surface area contributed by atoms with Gasteiger partial charge in [-0.3, -0.25) is 0 Å². The van der Waals surface area contributed by atoms with Crippen LogP contribution in [0, 0.1) is 0 Å². The topological polar surface area (TPSA) is 79.7 Å². The second kappa shape index (κ2) is 7.26. The van der Waals surface area contributed by atoms with Gasteiger partial charge in [-0.25, -0.2) is 9.78 Å². The van der Waals surface area contributed by atoms with Crippen molar-refractivity contribution in [3.63, 3.8) is 0 Å². The minimum absolute atomic E-state index is 0.247. The Hall–Kier alpha value is -1.11. The van der Waals surface area contributed by atoms with E-state index >= 15 is 0 Å². The molecule has 0 aliphatic heterocycles. The molecule has 1 rings (SSSR count). The number of aliphatic hydroxyl groups excluding tert-OH is 2. The molecule has 0 saturated heterocycles. The van der Waals surface area contributed by atoms with Crippen molar-refractivity contribution < 1.29 is 19.7 Å². The molecule has 0 saturated carbocycles. The van der Waals surface area contributed by atoms with Crippen LogP contribution in [0.25, 0.3) is 0 Å². The zero-order valence-electron chi connectivity index (χ0n) is 9.50. The number of aromatic nitrogens is 1. The first-order valence-electron chi connectivity index (χ1n) is 5.08. The second-order valence-corrected chi connectivity index (χ2v) is 4.39. The van der Waals surface area contributed by atoms with Crippen LogP contribution in [0.5, 0.6) is 0 Å². The van der Waals surface area contributed by atoms with Gasteiger partial charge in [0.2, 0.25) is 0 Å². The molecule has 0 radical (unpaired) electrons. The zero-order chi connectivity index (χ0) is 12.7. The third-order valence-corrected chi connectivity index (χ3v) is 3.09. The number of methoxy groups -OCH3 is 1. The number of pyridine rings is 1. The van der Waals surface area contributed by atoms with Crippen molar-refractivity contribution >= 4 is 17.7 Å². The van der Waals surface area contributed by atoms with E-state index in [0.29, 0.717) is 11.5 Å². The Labute approximate surface area is 104 Å². The summed E-state index contributed by atoms with van der Waals surface area (Å²) in [5.74, 6) is 0.537. The highest BCUT2D eigenvalue weighted by Gasteiger charge is 2.08. The first-order valence-corrected chi connectivity index (χ1v) is 6.23. The van der Waals surface area contributed by atoms with Gasteiger partial charge in [0.05, 0.1) is 25.5 Å². The van der Waals surface area contributed by atoms with Crippen LogP contribution in [-0.4, -0.2) is 46.7 Å². The van der Waals surface area contributed by atoms with E-state index in [2.05, 4.69) is 9.72 Å². The summed E-state index contributed by atoms with van der Waals surface area (Å²) in [6, 6.07) is 5.12. The molecule has 1 aromatic heterocycles. The Morgan fingerprint density at radius 1 is 1.59 bits per heavy atom. The molecule has 1 aromatic rings. The molecule has 94 valence electrons. The standard InChI is InChI=1S/C11H15NO4S/c1-16-11(15)10-4-2-3-8(12-10)6-17-7-9(14)5-13/h2-4,9,13-14H,5-7H2,1H3. The van der Waals surface area contributed by atoms with Crippen LogP contribution in [0.1, 0.15) is 16.2 Å². The molecule has 0 amide bonds. The first-order chi connectivity index (χ1) is 8.17. The fourth-order valence-corrected chi connectivity index (χ4v) is 2.00. The summed E-state index contributed by atoms with van der Waals surface area (Å²) in [5.41, 5.74) is 1.01. The molecule has 1 unspecified atom stereocenters. The van der Waals surface area contributed by atoms with Crippen LogP contribution in [0.3, 0.4) is 0 Å². The van der Waals surface area contributed by atoms with Crippen LogP contribution in [-0.2, 0) is 10.5 Å². The normalized spacial score (nSPS) is 12.2. The summed E-state index contributed by atoms with van der Waals surface area (Å²) >= 11 is 1.44. The number of carbonyl (C=O) groups excluding carboxylic acids is 1. The fraction of sp³-hybridized carbons (Fsp3) is 0.455. The summed E-state index contributed by atoms with van der Waals surface area (Å²) in [6.45, 7) is -0.247. The lowest BCUT2D eigenvalue weighted by Crippen LogP contribution is -2.14. The number of carbonyl (C=O) groups is 1. The van der Waals surface area contributed by atoms with Gasteiger partial charge in [0.1, 0.15) is 5.69 Å². The largest absolute Gasteiger partial charge is 0.464 e. The molecule has 0 aliphatic rings. The highest BCUT2D eigenvalue weighted by molar-refractivity contribution is 7.98. The van der Waals surface area contributed by atoms with E-state index in [4.69, 9.17) is 10.2 Å². The molecule has 1 atom stereocenters. The molecule has 0 aromatic carbocycles. The number of nitrogens with zero attached hydrogens (tertiary/aromatic N) is 1. The number of hydrogen-bond acceptors (Lipinski definition) is 6. The molecule has 5 nitrogen and oxygen atoms in total. The average molecular weight is 257 g/mol. The van der Waals surface area contributed by atoms with Crippen molar-refractivity contribution in [1.29, 1.82) is 0 Å².